The van der Waals surface area contributed by atoms with Gasteiger partial charge in [-0.3, -0.25) is 9.97 Å². The zero-order valence-electron chi connectivity index (χ0n) is 7.96. The molecule has 78 valence electrons. The van der Waals surface area contributed by atoms with Crippen molar-refractivity contribution in [3.8, 4) is 0 Å². The Bertz CT molecular complexity index is 293. The summed E-state index contributed by atoms with van der Waals surface area (Å²) in [4.78, 5) is 8.02. The molecule has 0 amide bonds. The van der Waals surface area contributed by atoms with Gasteiger partial charge < -0.3 is 15.3 Å². The van der Waals surface area contributed by atoms with Gasteiger partial charge in [0.15, 0.2) is 0 Å². The van der Waals surface area contributed by atoms with Crippen LogP contribution in [0.5, 0.6) is 0 Å². The lowest BCUT2D eigenvalue weighted by Crippen LogP contribution is -2.31. The fraction of sp³-hybridized carbons (Fsp3) is 0.556. The maximum absolute atomic E-state index is 9.42. The molecule has 0 saturated heterocycles. The van der Waals surface area contributed by atoms with Crippen molar-refractivity contribution in [2.75, 3.05) is 6.61 Å². The number of aryl methyl sites for hydroxylation is 1. The van der Waals surface area contributed by atoms with E-state index in [2.05, 4.69) is 9.97 Å². The van der Waals surface area contributed by atoms with Crippen LogP contribution in [0.1, 0.15) is 11.4 Å². The number of aromatic nitrogens is 2. The van der Waals surface area contributed by atoms with E-state index >= 15 is 0 Å². The summed E-state index contributed by atoms with van der Waals surface area (Å²) in [5.41, 5.74) is 1.35. The fourth-order valence-corrected chi connectivity index (χ4v) is 1.09. The summed E-state index contributed by atoms with van der Waals surface area (Å²) in [5, 5.41) is 27.2. The average molecular weight is 198 g/mol. The smallest absolute Gasteiger partial charge is 0.103 e. The third kappa shape index (κ3) is 2.73. The fourth-order valence-electron chi connectivity index (χ4n) is 1.09. The van der Waals surface area contributed by atoms with E-state index < -0.39 is 18.8 Å². The van der Waals surface area contributed by atoms with E-state index in [4.69, 9.17) is 10.2 Å². The molecule has 0 aromatic carbocycles. The maximum atomic E-state index is 9.42. The summed E-state index contributed by atoms with van der Waals surface area (Å²) in [5.74, 6) is 0. The molecule has 5 nitrogen and oxygen atoms in total. The van der Waals surface area contributed by atoms with Gasteiger partial charge in [0.25, 0.3) is 0 Å². The van der Waals surface area contributed by atoms with Crippen LogP contribution < -0.4 is 0 Å². The van der Waals surface area contributed by atoms with Gasteiger partial charge in [-0.05, 0) is 6.92 Å². The number of rotatable bonds is 4. The van der Waals surface area contributed by atoms with E-state index in [1.807, 2.05) is 0 Å². The number of aliphatic hydroxyl groups is 3. The molecule has 1 rings (SSSR count). The minimum atomic E-state index is -1.13. The number of aliphatic hydroxyl groups excluding tert-OH is 3. The van der Waals surface area contributed by atoms with E-state index in [-0.39, 0.29) is 6.42 Å². The van der Waals surface area contributed by atoms with Gasteiger partial charge in [0.2, 0.25) is 0 Å². The molecule has 1 heterocycles. The first-order valence-electron chi connectivity index (χ1n) is 4.38. The van der Waals surface area contributed by atoms with E-state index in [1.54, 1.807) is 13.1 Å². The molecule has 0 bridgehead atoms. The minimum absolute atomic E-state index is 0.196. The topological polar surface area (TPSA) is 86.5 Å². The first kappa shape index (κ1) is 11.0. The SMILES string of the molecule is Cc1nccnc1C[C@H](O)[C@@H](O)CO. The molecule has 5 heteroatoms. The average Bonchev–Trinajstić information content (AvgIpc) is 2.20. The Kier molecular flexibility index (Phi) is 3.94. The molecule has 0 aliphatic heterocycles. The Morgan fingerprint density at radius 2 is 1.86 bits per heavy atom. The molecule has 0 spiro atoms. The maximum Gasteiger partial charge on any atom is 0.103 e. The molecule has 0 aliphatic rings. The Hall–Kier alpha value is -1.04. The van der Waals surface area contributed by atoms with Gasteiger partial charge in [0, 0.05) is 18.8 Å². The van der Waals surface area contributed by atoms with Gasteiger partial charge in [0.1, 0.15) is 6.10 Å². The molecule has 0 saturated carbocycles. The van der Waals surface area contributed by atoms with E-state index in [0.717, 1.165) is 5.69 Å². The van der Waals surface area contributed by atoms with Crippen LogP contribution >= 0.6 is 0 Å². The van der Waals surface area contributed by atoms with Crippen LogP contribution in [0.4, 0.5) is 0 Å². The highest BCUT2D eigenvalue weighted by atomic mass is 16.4. The normalized spacial score (nSPS) is 15.1. The van der Waals surface area contributed by atoms with Crippen LogP contribution in [-0.4, -0.2) is 44.1 Å². The second kappa shape index (κ2) is 4.99. The Labute approximate surface area is 82.1 Å². The molecular weight excluding hydrogens is 184 g/mol. The third-order valence-corrected chi connectivity index (χ3v) is 2.02. The van der Waals surface area contributed by atoms with Gasteiger partial charge in [-0.1, -0.05) is 0 Å². The summed E-state index contributed by atoms with van der Waals surface area (Å²) >= 11 is 0. The van der Waals surface area contributed by atoms with Gasteiger partial charge in [-0.25, -0.2) is 0 Å². The molecule has 0 radical (unpaired) electrons. The summed E-state index contributed by atoms with van der Waals surface area (Å²) in [6, 6.07) is 0. The lowest BCUT2D eigenvalue weighted by atomic mass is 10.1. The zero-order chi connectivity index (χ0) is 10.6. The number of hydrogen-bond acceptors (Lipinski definition) is 5. The van der Waals surface area contributed by atoms with Crippen LogP contribution in [0.25, 0.3) is 0 Å². The third-order valence-electron chi connectivity index (χ3n) is 2.02. The zero-order valence-corrected chi connectivity index (χ0v) is 7.96. The molecule has 14 heavy (non-hydrogen) atoms. The standard InChI is InChI=1S/C9H14N2O3/c1-6-7(11-3-2-10-6)4-8(13)9(14)5-12/h2-3,8-9,12-14H,4-5H2,1H3/t8-,9-/m0/s1. The van der Waals surface area contributed by atoms with E-state index in [9.17, 15) is 5.11 Å². The van der Waals surface area contributed by atoms with Gasteiger partial charge in [-0.2, -0.15) is 0 Å². The molecule has 3 N–H and O–H groups in total. The van der Waals surface area contributed by atoms with E-state index in [1.165, 1.54) is 6.20 Å². The monoisotopic (exact) mass is 198 g/mol. The summed E-state index contributed by atoms with van der Waals surface area (Å²) in [6.07, 6.45) is 1.15. The second-order valence-corrected chi connectivity index (χ2v) is 3.11. The Morgan fingerprint density at radius 1 is 1.21 bits per heavy atom. The molecule has 1 aromatic heterocycles. The van der Waals surface area contributed by atoms with Crippen LogP contribution in [0.2, 0.25) is 0 Å². The van der Waals surface area contributed by atoms with Crippen molar-refractivity contribution in [1.82, 2.24) is 9.97 Å². The molecule has 0 unspecified atom stereocenters. The van der Waals surface area contributed by atoms with Crippen LogP contribution in [-0.2, 0) is 6.42 Å². The predicted molar refractivity (Wildman–Crippen MR) is 49.6 cm³/mol. The quantitative estimate of drug-likeness (QED) is 0.580. The second-order valence-electron chi connectivity index (χ2n) is 3.11. The first-order valence-corrected chi connectivity index (χ1v) is 4.38. The van der Waals surface area contributed by atoms with Crippen LogP contribution in [0, 0.1) is 6.92 Å². The number of nitrogens with zero attached hydrogens (tertiary/aromatic N) is 2. The molecule has 0 fully saturated rings. The summed E-state index contributed by atoms with van der Waals surface area (Å²) < 4.78 is 0. The van der Waals surface area contributed by atoms with Gasteiger partial charge in [-0.15, -0.1) is 0 Å². The van der Waals surface area contributed by atoms with Crippen LogP contribution in [0.3, 0.4) is 0 Å². The largest absolute Gasteiger partial charge is 0.394 e. The van der Waals surface area contributed by atoms with Gasteiger partial charge in [0.05, 0.1) is 24.1 Å². The van der Waals surface area contributed by atoms with Crippen molar-refractivity contribution < 1.29 is 15.3 Å². The Balaban J connectivity index is 2.64. The van der Waals surface area contributed by atoms with E-state index in [0.29, 0.717) is 5.69 Å². The lowest BCUT2D eigenvalue weighted by molar-refractivity contribution is -0.0137. The lowest BCUT2D eigenvalue weighted by Gasteiger charge is -2.15. The summed E-state index contributed by atoms with van der Waals surface area (Å²) in [6.45, 7) is 1.32. The summed E-state index contributed by atoms with van der Waals surface area (Å²) in [7, 11) is 0. The highest BCUT2D eigenvalue weighted by Crippen LogP contribution is 2.06. The first-order chi connectivity index (χ1) is 6.65. The van der Waals surface area contributed by atoms with Gasteiger partial charge >= 0.3 is 0 Å². The number of hydrogen-bond donors (Lipinski definition) is 3. The van der Waals surface area contributed by atoms with Crippen molar-refractivity contribution >= 4 is 0 Å². The highest BCUT2D eigenvalue weighted by molar-refractivity contribution is 5.09. The molecular formula is C9H14N2O3. The highest BCUT2D eigenvalue weighted by Gasteiger charge is 2.17. The van der Waals surface area contributed by atoms with Crippen molar-refractivity contribution in [1.29, 1.82) is 0 Å². The minimum Gasteiger partial charge on any atom is -0.394 e. The molecule has 0 aliphatic carbocycles. The van der Waals surface area contributed by atoms with Crippen LogP contribution in [0.15, 0.2) is 12.4 Å². The van der Waals surface area contributed by atoms with Crippen molar-refractivity contribution in [3.63, 3.8) is 0 Å². The van der Waals surface area contributed by atoms with Crippen molar-refractivity contribution in [3.05, 3.63) is 23.8 Å². The molecule has 1 aromatic rings. The predicted octanol–water partition coefficient (Wildman–Crippen LogP) is -0.958. The van der Waals surface area contributed by atoms with Crippen molar-refractivity contribution in [2.24, 2.45) is 0 Å². The van der Waals surface area contributed by atoms with Crippen molar-refractivity contribution in [2.45, 2.75) is 25.6 Å². The Morgan fingerprint density at radius 3 is 2.43 bits per heavy atom. The molecule has 2 atom stereocenters.